The van der Waals surface area contributed by atoms with Crippen LogP contribution >= 0.6 is 17.0 Å². The third-order valence-corrected chi connectivity index (χ3v) is 6.52. The van der Waals surface area contributed by atoms with E-state index in [1.165, 1.54) is 54.6 Å². The van der Waals surface area contributed by atoms with E-state index in [4.69, 9.17) is 17.0 Å². The van der Waals surface area contributed by atoms with Crippen molar-refractivity contribution in [3.8, 4) is 22.3 Å². The normalized spacial score (nSPS) is 9.95. The maximum Gasteiger partial charge on any atom is -0.0114 e. The molecule has 0 aliphatic carbocycles. The van der Waals surface area contributed by atoms with Crippen molar-refractivity contribution >= 4 is 53.6 Å². The zero-order valence-electron chi connectivity index (χ0n) is 22.8. The van der Waals surface area contributed by atoms with Crippen LogP contribution in [0.15, 0.2) is 146 Å². The summed E-state index contributed by atoms with van der Waals surface area (Å²) in [5.74, 6) is 0. The molecule has 7 aromatic rings. The molecule has 0 spiro atoms. The fourth-order valence-corrected chi connectivity index (χ4v) is 4.89. The molecule has 0 N–H and O–H groups in total. The van der Waals surface area contributed by atoms with Gasteiger partial charge in [-0.2, -0.15) is 24.3 Å². The van der Waals surface area contributed by atoms with Crippen LogP contribution in [0.3, 0.4) is 0 Å². The number of hydrogen-bond donors (Lipinski definition) is 0. The molecule has 0 unspecified atom stereocenters. The summed E-state index contributed by atoms with van der Waals surface area (Å²) in [5, 5.41) is 7.91. The molecule has 0 fully saturated rings. The fourth-order valence-electron chi connectivity index (χ4n) is 4.89. The van der Waals surface area contributed by atoms with Crippen LogP contribution in [0.2, 0.25) is 0 Å². The molecule has 0 aliphatic rings. The maximum atomic E-state index is 5.13. The third kappa shape index (κ3) is 7.35. The van der Waals surface area contributed by atoms with Crippen molar-refractivity contribution in [1.82, 2.24) is 0 Å². The molecule has 0 saturated heterocycles. The van der Waals surface area contributed by atoms with Crippen LogP contribution in [-0.2, 0) is 18.9 Å². The van der Waals surface area contributed by atoms with Crippen molar-refractivity contribution in [3.05, 3.63) is 160 Å². The van der Waals surface area contributed by atoms with Gasteiger partial charge in [0.15, 0.2) is 0 Å². The summed E-state index contributed by atoms with van der Waals surface area (Å²) in [7, 11) is 10.3. The molecule has 0 aromatic heterocycles. The Balaban J connectivity index is 0.000000190. The molecule has 202 valence electrons. The molecule has 7 rings (SSSR count). The molecule has 0 atom stereocenters. The van der Waals surface area contributed by atoms with Gasteiger partial charge in [-0.15, -0.1) is 57.9 Å². The summed E-state index contributed by atoms with van der Waals surface area (Å²) >= 11 is -1.85. The van der Waals surface area contributed by atoms with Crippen LogP contribution in [0.1, 0.15) is 0 Å². The minimum atomic E-state index is -1.85. The second-order valence-corrected chi connectivity index (χ2v) is 17.1. The Kier molecular flexibility index (Phi) is 11.8. The Morgan fingerprint density at radius 3 is 1.55 bits per heavy atom. The fraction of sp³-hybridized carbons (Fsp3) is 0. The molecular weight excluding hydrogens is 607 g/mol. The van der Waals surface area contributed by atoms with Gasteiger partial charge in [-0.25, -0.2) is 0 Å². The van der Waals surface area contributed by atoms with E-state index in [0.29, 0.717) is 0 Å². The first-order valence-electron chi connectivity index (χ1n) is 12.4. The van der Waals surface area contributed by atoms with Gasteiger partial charge >= 0.3 is 40.1 Å². The van der Waals surface area contributed by atoms with E-state index in [1.54, 1.807) is 0 Å². The van der Waals surface area contributed by atoms with Gasteiger partial charge < -0.3 is 14.9 Å². The Labute approximate surface area is 253 Å². The molecule has 3 heteroatoms. The Morgan fingerprint density at radius 2 is 0.925 bits per heavy atom. The first-order chi connectivity index (χ1) is 18.6. The first-order valence-corrected chi connectivity index (χ1v) is 20.5. The molecule has 0 saturated carbocycles. The van der Waals surface area contributed by atoms with Crippen LogP contribution < -0.4 is 0 Å². The van der Waals surface area contributed by atoms with Gasteiger partial charge in [0.25, 0.3) is 0 Å². The van der Waals surface area contributed by atoms with Crippen molar-refractivity contribution < 1.29 is 18.9 Å². The Hall–Kier alpha value is -3.09. The van der Waals surface area contributed by atoms with Gasteiger partial charge in [0, 0.05) is 0 Å². The molecule has 0 aliphatic heterocycles. The monoisotopic (exact) mass is 636 g/mol. The number of hydrogen-bond acceptors (Lipinski definition) is 0. The van der Waals surface area contributed by atoms with Crippen molar-refractivity contribution in [3.63, 3.8) is 0 Å². The molecule has 0 heterocycles. The minimum absolute atomic E-state index is 0. The average Bonchev–Trinajstić information content (AvgIpc) is 3.63. The molecule has 40 heavy (non-hydrogen) atoms. The zero-order chi connectivity index (χ0) is 26.3. The zero-order valence-corrected chi connectivity index (χ0v) is 26.8. The van der Waals surface area contributed by atoms with E-state index >= 15 is 0 Å². The van der Waals surface area contributed by atoms with Crippen molar-refractivity contribution in [2.75, 3.05) is 0 Å². The molecule has 0 radical (unpaired) electrons. The van der Waals surface area contributed by atoms with E-state index in [9.17, 15) is 0 Å². The van der Waals surface area contributed by atoms with E-state index < -0.39 is 18.9 Å². The predicted octanol–water partition coefficient (Wildman–Crippen LogP) is 11.8. The predicted molar refractivity (Wildman–Crippen MR) is 179 cm³/mol. The number of rotatable bonds is 2. The van der Waals surface area contributed by atoms with Crippen molar-refractivity contribution in [1.29, 1.82) is 0 Å². The van der Waals surface area contributed by atoms with Crippen molar-refractivity contribution in [2.24, 2.45) is 0 Å². The molecule has 0 bridgehead atoms. The standard InChI is InChI=1S/C19H13.C15H11.2CH3.CH2.2ClH.Zr/c1-2-10-16-14(6-1)8-4-12-18(16)19-13-5-9-15-7-3-11-17(15)19;1-2-6-12(7-3-1)14-10-4-8-13-9-5-11-15(13)14;;;;;;/h1-13H;1-11H;2*1H3;1H2;2*1H;/q4*-1;;;;+2/p-2. The first kappa shape index (κ1) is 31.4. The van der Waals surface area contributed by atoms with E-state index in [-0.39, 0.29) is 14.9 Å². The van der Waals surface area contributed by atoms with Gasteiger partial charge in [0.2, 0.25) is 0 Å². The largest absolute Gasteiger partial charge is 0.358 e. The van der Waals surface area contributed by atoms with Gasteiger partial charge in [-0.1, -0.05) is 96.1 Å². The number of benzene rings is 5. The summed E-state index contributed by atoms with van der Waals surface area (Å²) < 4.78 is 3.37. The topological polar surface area (TPSA) is 0 Å². The van der Waals surface area contributed by atoms with Crippen LogP contribution in [0.5, 0.6) is 0 Å². The number of fused-ring (bicyclic) bond motifs is 3. The van der Waals surface area contributed by atoms with Gasteiger partial charge in [-0.05, 0) is 21.9 Å². The van der Waals surface area contributed by atoms with Crippen LogP contribution in [-0.4, -0.2) is 4.21 Å². The second-order valence-electron chi connectivity index (χ2n) is 8.90. The molecule has 0 nitrogen and oxygen atoms in total. The SMILES string of the molecule is [CH2]=[Zr]([Cl])[Cl].[CH3-].[CH3-].c1ccc(-c2cccc3[cH-]ccc23)cc1.c1ccc2c(-c3cccc4[cH-]ccc34)cccc2c1. The second kappa shape index (κ2) is 15.1. The Bertz CT molecular complexity index is 1800. The molecule has 7 aromatic carbocycles. The van der Waals surface area contributed by atoms with Crippen LogP contribution in [0.4, 0.5) is 0 Å². The molecule has 0 amide bonds. The van der Waals surface area contributed by atoms with E-state index in [1.807, 2.05) is 0 Å². The minimum Gasteiger partial charge on any atom is -0.358 e. The summed E-state index contributed by atoms with van der Waals surface area (Å²) in [4.78, 5) is 0. The summed E-state index contributed by atoms with van der Waals surface area (Å²) in [6.07, 6.45) is 0. The van der Waals surface area contributed by atoms with E-state index in [0.717, 1.165) is 0 Å². The maximum absolute atomic E-state index is 5.13. The third-order valence-electron chi connectivity index (χ3n) is 6.52. The van der Waals surface area contributed by atoms with Crippen molar-refractivity contribution in [2.45, 2.75) is 0 Å². The summed E-state index contributed by atoms with van der Waals surface area (Å²) in [5.41, 5.74) is 5.24. The van der Waals surface area contributed by atoms with Crippen LogP contribution in [0, 0.1) is 14.9 Å². The van der Waals surface area contributed by atoms with Gasteiger partial charge in [0.1, 0.15) is 0 Å². The van der Waals surface area contributed by atoms with Crippen LogP contribution in [0.25, 0.3) is 54.6 Å². The molecular formula is C37H32Cl2Zr-4. The van der Waals surface area contributed by atoms with E-state index in [2.05, 4.69) is 150 Å². The smallest absolute Gasteiger partial charge is 0.0114 e. The summed E-state index contributed by atoms with van der Waals surface area (Å²) in [6.45, 7) is 0. The van der Waals surface area contributed by atoms with Gasteiger partial charge in [-0.3, -0.25) is 0 Å². The summed E-state index contributed by atoms with van der Waals surface area (Å²) in [6, 6.07) is 51.5. The average molecular weight is 639 g/mol. The van der Waals surface area contributed by atoms with Gasteiger partial charge in [0.05, 0.1) is 0 Å². The number of halogens is 2. The quantitative estimate of drug-likeness (QED) is 0.165. The Morgan fingerprint density at radius 1 is 0.475 bits per heavy atom.